The van der Waals surface area contributed by atoms with E-state index in [0.29, 0.717) is 6.04 Å². The number of hydrogen-bond acceptors (Lipinski definition) is 2. The molecular formula is C24H30N2S. The van der Waals surface area contributed by atoms with Crippen LogP contribution in [0, 0.1) is 12.3 Å². The van der Waals surface area contributed by atoms with Gasteiger partial charge in [-0.1, -0.05) is 45.9 Å². The summed E-state index contributed by atoms with van der Waals surface area (Å²) in [5.74, 6) is 0. The summed E-state index contributed by atoms with van der Waals surface area (Å²) < 4.78 is 3.77. The smallest absolute Gasteiger partial charge is 0.0723 e. The van der Waals surface area contributed by atoms with E-state index in [4.69, 9.17) is 0 Å². The summed E-state index contributed by atoms with van der Waals surface area (Å²) in [6.45, 7) is 17.1. The van der Waals surface area contributed by atoms with E-state index in [-0.39, 0.29) is 16.4 Å². The highest BCUT2D eigenvalue weighted by molar-refractivity contribution is 7.19. The fourth-order valence-corrected chi connectivity index (χ4v) is 7.41. The summed E-state index contributed by atoms with van der Waals surface area (Å²) >= 11 is 2.00. The van der Waals surface area contributed by atoms with Crippen LogP contribution in [0.3, 0.4) is 0 Å². The van der Waals surface area contributed by atoms with E-state index >= 15 is 0 Å². The molecule has 2 aliphatic rings. The predicted molar refractivity (Wildman–Crippen MR) is 117 cm³/mol. The van der Waals surface area contributed by atoms with Gasteiger partial charge in [0.05, 0.1) is 21.8 Å². The average Bonchev–Trinajstić information content (AvgIpc) is 3.20. The topological polar surface area (TPSA) is 8.17 Å². The Labute approximate surface area is 166 Å². The molecule has 2 nitrogen and oxygen atoms in total. The largest absolute Gasteiger partial charge is 0.353 e. The Balaban J connectivity index is 1.96. The number of hydrogen-bond donors (Lipinski definition) is 0. The zero-order valence-corrected chi connectivity index (χ0v) is 18.6. The van der Waals surface area contributed by atoms with Crippen molar-refractivity contribution in [3.05, 3.63) is 52.0 Å². The first-order chi connectivity index (χ1) is 12.5. The molecule has 3 aromatic rings. The van der Waals surface area contributed by atoms with Crippen LogP contribution in [0.5, 0.6) is 0 Å². The lowest BCUT2D eigenvalue weighted by atomic mass is 9.51. The lowest BCUT2D eigenvalue weighted by molar-refractivity contribution is 0.0658. The van der Waals surface area contributed by atoms with Gasteiger partial charge in [0.2, 0.25) is 0 Å². The molecule has 2 aromatic heterocycles. The van der Waals surface area contributed by atoms with Crippen LogP contribution in [-0.4, -0.2) is 4.57 Å². The van der Waals surface area contributed by atoms with Gasteiger partial charge in [-0.25, -0.2) is 0 Å². The van der Waals surface area contributed by atoms with Crippen molar-refractivity contribution in [2.75, 3.05) is 4.90 Å². The molecule has 5 rings (SSSR count). The monoisotopic (exact) mass is 378 g/mol. The number of nitrogens with zero attached hydrogens (tertiary/aromatic N) is 2. The molecule has 4 heterocycles. The Morgan fingerprint density at radius 3 is 2.44 bits per heavy atom. The van der Waals surface area contributed by atoms with E-state index in [9.17, 15) is 0 Å². The molecule has 27 heavy (non-hydrogen) atoms. The number of thiophene rings is 1. The summed E-state index contributed by atoms with van der Waals surface area (Å²) in [7, 11) is 2.20. The van der Waals surface area contributed by atoms with Crippen molar-refractivity contribution in [1.29, 1.82) is 0 Å². The van der Waals surface area contributed by atoms with Crippen LogP contribution in [-0.2, 0) is 18.0 Å². The fourth-order valence-electron chi connectivity index (χ4n) is 6.02. The number of anilines is 1. The van der Waals surface area contributed by atoms with Crippen LogP contribution < -0.4 is 4.90 Å². The molecule has 142 valence electrons. The lowest BCUT2D eigenvalue weighted by Crippen LogP contribution is -2.62. The van der Waals surface area contributed by atoms with Gasteiger partial charge in [0.1, 0.15) is 0 Å². The molecule has 0 saturated heterocycles. The van der Waals surface area contributed by atoms with E-state index in [0.717, 1.165) is 0 Å². The van der Waals surface area contributed by atoms with E-state index in [2.05, 4.69) is 95.4 Å². The van der Waals surface area contributed by atoms with Crippen molar-refractivity contribution in [3.8, 4) is 0 Å². The molecule has 0 saturated carbocycles. The first-order valence-corrected chi connectivity index (χ1v) is 10.8. The van der Waals surface area contributed by atoms with Gasteiger partial charge in [0.15, 0.2) is 0 Å². The lowest BCUT2D eigenvalue weighted by Gasteiger charge is -2.62. The molecule has 0 amide bonds. The molecule has 0 radical (unpaired) electrons. The Kier molecular flexibility index (Phi) is 3.09. The standard InChI is InChI=1S/C24H30N2S/c1-14-10-9-11-16-19(14)26-15(2)21-18(20-17(27-21)12-13-25(20)8)24(26,7)23(5,6)22(16,3)4/h9-13,15H,1-8H3/t15-,24?/m0/s1. The number of fused-ring (bicyclic) bond motifs is 7. The Morgan fingerprint density at radius 2 is 1.74 bits per heavy atom. The molecular weight excluding hydrogens is 348 g/mol. The number of benzene rings is 1. The van der Waals surface area contributed by atoms with Crippen molar-refractivity contribution in [2.24, 2.45) is 12.5 Å². The normalized spacial score (nSPS) is 27.6. The van der Waals surface area contributed by atoms with Crippen molar-refractivity contribution < 1.29 is 0 Å². The summed E-state index contributed by atoms with van der Waals surface area (Å²) in [6, 6.07) is 9.57. The third kappa shape index (κ3) is 1.65. The zero-order valence-electron chi connectivity index (χ0n) is 17.8. The van der Waals surface area contributed by atoms with Crippen molar-refractivity contribution in [1.82, 2.24) is 4.57 Å². The second-order valence-electron chi connectivity index (χ2n) is 9.82. The molecule has 0 spiro atoms. The van der Waals surface area contributed by atoms with Gasteiger partial charge in [-0.15, -0.1) is 11.3 Å². The highest BCUT2D eigenvalue weighted by Gasteiger charge is 2.65. The second kappa shape index (κ2) is 4.81. The van der Waals surface area contributed by atoms with Crippen LogP contribution in [0.4, 0.5) is 5.69 Å². The van der Waals surface area contributed by atoms with Crippen molar-refractivity contribution in [3.63, 3.8) is 0 Å². The van der Waals surface area contributed by atoms with Crippen molar-refractivity contribution in [2.45, 2.75) is 65.5 Å². The summed E-state index contributed by atoms with van der Waals surface area (Å²) in [5, 5.41) is 0. The van der Waals surface area contributed by atoms with Crippen LogP contribution in [0.2, 0.25) is 0 Å². The van der Waals surface area contributed by atoms with E-state index in [1.165, 1.54) is 27.0 Å². The van der Waals surface area contributed by atoms with Gasteiger partial charge in [-0.05, 0) is 43.4 Å². The first-order valence-electron chi connectivity index (χ1n) is 10.0. The molecule has 0 N–H and O–H groups in total. The Bertz CT molecular complexity index is 1100. The molecule has 1 unspecified atom stereocenters. The minimum absolute atomic E-state index is 0.0469. The highest BCUT2D eigenvalue weighted by Crippen LogP contribution is 2.69. The van der Waals surface area contributed by atoms with E-state index < -0.39 is 0 Å². The predicted octanol–water partition coefficient (Wildman–Crippen LogP) is 6.66. The maximum atomic E-state index is 2.76. The fraction of sp³-hybridized carbons (Fsp3) is 0.500. The van der Waals surface area contributed by atoms with E-state index in [1.807, 2.05) is 11.3 Å². The van der Waals surface area contributed by atoms with Crippen LogP contribution in [0.1, 0.15) is 69.2 Å². The average molecular weight is 379 g/mol. The maximum absolute atomic E-state index is 2.76. The molecule has 2 atom stereocenters. The van der Waals surface area contributed by atoms with Crippen LogP contribution >= 0.6 is 11.3 Å². The number of para-hydroxylation sites is 1. The maximum Gasteiger partial charge on any atom is 0.0723 e. The van der Waals surface area contributed by atoms with Gasteiger partial charge in [-0.3, -0.25) is 0 Å². The summed E-state index contributed by atoms with van der Waals surface area (Å²) in [4.78, 5) is 4.31. The highest BCUT2D eigenvalue weighted by atomic mass is 32.1. The summed E-state index contributed by atoms with van der Waals surface area (Å²) in [5.41, 5.74) is 7.44. The van der Waals surface area contributed by atoms with Gasteiger partial charge in [0, 0.05) is 34.8 Å². The molecule has 0 fully saturated rings. The molecule has 0 aliphatic carbocycles. The van der Waals surface area contributed by atoms with Gasteiger partial charge in [-0.2, -0.15) is 0 Å². The van der Waals surface area contributed by atoms with Gasteiger partial charge in [0.25, 0.3) is 0 Å². The Hall–Kier alpha value is -1.74. The van der Waals surface area contributed by atoms with Crippen molar-refractivity contribution >= 4 is 27.2 Å². The SMILES string of the molecule is Cc1cccc2c1N1[C@@H](C)c3sc4ccn(C)c4c3C1(C)C(C)(C)C2(C)C. The van der Waals surface area contributed by atoms with Gasteiger partial charge >= 0.3 is 0 Å². The van der Waals surface area contributed by atoms with Gasteiger partial charge < -0.3 is 9.47 Å². The third-order valence-corrected chi connectivity index (χ3v) is 9.72. The number of rotatable bonds is 0. The molecule has 1 aromatic carbocycles. The minimum atomic E-state index is -0.0469. The zero-order chi connectivity index (χ0) is 19.5. The second-order valence-corrected chi connectivity index (χ2v) is 10.9. The molecule has 0 bridgehead atoms. The number of aryl methyl sites for hydroxylation is 2. The van der Waals surface area contributed by atoms with Crippen LogP contribution in [0.25, 0.3) is 10.2 Å². The quantitative estimate of drug-likeness (QED) is 0.424. The molecule has 3 heteroatoms. The first kappa shape index (κ1) is 17.4. The summed E-state index contributed by atoms with van der Waals surface area (Å²) in [6.07, 6.45) is 2.22. The molecule has 2 aliphatic heterocycles. The number of aromatic nitrogens is 1. The Morgan fingerprint density at radius 1 is 1.04 bits per heavy atom. The third-order valence-electron chi connectivity index (χ3n) is 8.41. The van der Waals surface area contributed by atoms with Crippen LogP contribution in [0.15, 0.2) is 30.5 Å². The minimum Gasteiger partial charge on any atom is -0.353 e. The van der Waals surface area contributed by atoms with E-state index in [1.54, 1.807) is 10.4 Å².